The Morgan fingerprint density at radius 1 is 1.53 bits per heavy atom. The maximum atomic E-state index is 13.4. The molecular weight excluding hydrogens is 231 g/mol. The molecule has 1 aromatic heterocycles. The minimum atomic E-state index is -1.30. The van der Waals surface area contributed by atoms with Gasteiger partial charge in [0.25, 0.3) is 5.82 Å². The number of carboxylic acid groups (broad SMARTS) is 1. The molecule has 1 N–H and O–H groups in total. The lowest BCUT2D eigenvalue weighted by molar-refractivity contribution is 0.0683. The van der Waals surface area contributed by atoms with E-state index >= 15 is 0 Å². The van der Waals surface area contributed by atoms with Crippen molar-refractivity contribution in [3.05, 3.63) is 29.8 Å². The minimum absolute atomic E-state index is 0.0762. The van der Waals surface area contributed by atoms with Crippen LogP contribution in [0.15, 0.2) is 18.2 Å². The summed E-state index contributed by atoms with van der Waals surface area (Å²) in [7, 11) is 1.34. The Balaban J connectivity index is 2.39. The van der Waals surface area contributed by atoms with Crippen LogP contribution in [0.5, 0.6) is 5.75 Å². The van der Waals surface area contributed by atoms with Crippen LogP contribution < -0.4 is 4.74 Å². The summed E-state index contributed by atoms with van der Waals surface area (Å²) in [5.41, 5.74) is 0.253. The molecule has 0 atom stereocenters. The average Bonchev–Trinajstić information content (AvgIpc) is 2.78. The Hall–Kier alpha value is -2.51. The highest BCUT2D eigenvalue weighted by atomic mass is 19.1. The molecule has 0 spiro atoms. The normalized spacial score (nSPS) is 10.2. The lowest BCUT2D eigenvalue weighted by Gasteiger charge is -2.03. The number of rotatable bonds is 3. The Morgan fingerprint density at radius 2 is 2.29 bits per heavy atom. The van der Waals surface area contributed by atoms with Gasteiger partial charge in [0.15, 0.2) is 11.6 Å². The number of aromatic carboxylic acids is 1. The van der Waals surface area contributed by atoms with Crippen LogP contribution in [0, 0.1) is 5.82 Å². The van der Waals surface area contributed by atoms with Crippen molar-refractivity contribution in [2.45, 2.75) is 0 Å². The molecule has 0 aliphatic rings. The second-order valence-corrected chi connectivity index (χ2v) is 3.03. The van der Waals surface area contributed by atoms with Crippen molar-refractivity contribution in [3.8, 4) is 11.4 Å². The monoisotopic (exact) mass is 238 g/mol. The van der Waals surface area contributed by atoms with Crippen molar-refractivity contribution in [3.63, 3.8) is 0 Å². The van der Waals surface area contributed by atoms with E-state index in [1.165, 1.54) is 19.2 Å². The smallest absolute Gasteiger partial charge is 0.377 e. The van der Waals surface area contributed by atoms with Crippen LogP contribution in [0.4, 0.5) is 4.39 Å². The molecule has 0 amide bonds. The molecular formula is C9H7FN4O3. The molecule has 0 aliphatic heterocycles. The molecule has 1 heterocycles. The number of ether oxygens (including phenoxy) is 1. The van der Waals surface area contributed by atoms with E-state index in [1.54, 1.807) is 0 Å². The highest BCUT2D eigenvalue weighted by molar-refractivity contribution is 5.82. The van der Waals surface area contributed by atoms with E-state index < -0.39 is 17.6 Å². The van der Waals surface area contributed by atoms with Gasteiger partial charge in [0.1, 0.15) is 0 Å². The van der Waals surface area contributed by atoms with E-state index in [0.29, 0.717) is 0 Å². The second-order valence-electron chi connectivity index (χ2n) is 3.03. The highest BCUT2D eigenvalue weighted by Crippen LogP contribution is 2.18. The molecule has 0 saturated carbocycles. The van der Waals surface area contributed by atoms with E-state index in [0.717, 1.165) is 10.9 Å². The van der Waals surface area contributed by atoms with E-state index in [2.05, 4.69) is 15.4 Å². The number of methoxy groups -OCH3 is 1. The number of hydrogen-bond acceptors (Lipinski definition) is 5. The van der Waals surface area contributed by atoms with Crippen molar-refractivity contribution in [1.82, 2.24) is 20.2 Å². The molecule has 17 heavy (non-hydrogen) atoms. The van der Waals surface area contributed by atoms with Gasteiger partial charge < -0.3 is 9.84 Å². The van der Waals surface area contributed by atoms with Gasteiger partial charge >= 0.3 is 5.97 Å². The number of carboxylic acids is 1. The summed E-state index contributed by atoms with van der Waals surface area (Å²) in [6.45, 7) is 0. The Labute approximate surface area is 94.4 Å². The fourth-order valence-corrected chi connectivity index (χ4v) is 1.19. The zero-order valence-electron chi connectivity index (χ0n) is 8.66. The maximum Gasteiger partial charge on any atom is 0.377 e. The second kappa shape index (κ2) is 4.16. The van der Waals surface area contributed by atoms with Gasteiger partial charge in [-0.05, 0) is 17.3 Å². The Morgan fingerprint density at radius 3 is 2.82 bits per heavy atom. The van der Waals surface area contributed by atoms with Crippen LogP contribution >= 0.6 is 0 Å². The first-order valence-corrected chi connectivity index (χ1v) is 4.49. The summed E-state index contributed by atoms with van der Waals surface area (Å²) in [5.74, 6) is -2.28. The van der Waals surface area contributed by atoms with E-state index in [9.17, 15) is 9.18 Å². The molecule has 1 aromatic carbocycles. The van der Waals surface area contributed by atoms with Gasteiger partial charge in [0.2, 0.25) is 0 Å². The maximum absolute atomic E-state index is 13.4. The summed E-state index contributed by atoms with van der Waals surface area (Å²) in [6, 6.07) is 3.98. The van der Waals surface area contributed by atoms with Gasteiger partial charge in [0, 0.05) is 6.07 Å². The van der Waals surface area contributed by atoms with Crippen molar-refractivity contribution >= 4 is 5.97 Å². The van der Waals surface area contributed by atoms with Gasteiger partial charge in [-0.15, -0.1) is 15.0 Å². The largest absolute Gasteiger partial charge is 0.494 e. The SMILES string of the molecule is COc1ccc(-n2nnc(C(=O)O)n2)cc1F. The predicted molar refractivity (Wildman–Crippen MR) is 52.6 cm³/mol. The number of aromatic nitrogens is 4. The topological polar surface area (TPSA) is 90.1 Å². The van der Waals surface area contributed by atoms with Crippen molar-refractivity contribution in [2.75, 3.05) is 7.11 Å². The van der Waals surface area contributed by atoms with Crippen LogP contribution in [0.25, 0.3) is 5.69 Å². The van der Waals surface area contributed by atoms with Crippen LogP contribution in [0.1, 0.15) is 10.6 Å². The quantitative estimate of drug-likeness (QED) is 0.837. The summed E-state index contributed by atoms with van der Waals surface area (Å²) in [5, 5.41) is 19.0. The third-order valence-corrected chi connectivity index (χ3v) is 1.97. The standard InChI is InChI=1S/C9H7FN4O3/c1-17-7-3-2-5(4-6(7)10)14-12-8(9(15)16)11-13-14/h2-4H,1H3,(H,15,16). The lowest BCUT2D eigenvalue weighted by atomic mass is 10.3. The van der Waals surface area contributed by atoms with Crippen LogP contribution in [-0.2, 0) is 0 Å². The molecule has 0 unspecified atom stereocenters. The third-order valence-electron chi connectivity index (χ3n) is 1.97. The first kappa shape index (κ1) is 11.0. The zero-order chi connectivity index (χ0) is 12.4. The molecule has 0 aliphatic carbocycles. The molecule has 2 aromatic rings. The number of halogens is 1. The fourth-order valence-electron chi connectivity index (χ4n) is 1.19. The molecule has 0 bridgehead atoms. The predicted octanol–water partition coefficient (Wildman–Crippen LogP) is 0.508. The molecule has 0 fully saturated rings. The molecule has 0 saturated heterocycles. The lowest BCUT2D eigenvalue weighted by Crippen LogP contribution is -2.03. The summed E-state index contributed by atoms with van der Waals surface area (Å²) in [4.78, 5) is 11.5. The Kier molecular flexibility index (Phi) is 2.69. The van der Waals surface area contributed by atoms with E-state index in [1.807, 2.05) is 0 Å². The van der Waals surface area contributed by atoms with Crippen LogP contribution in [0.2, 0.25) is 0 Å². The minimum Gasteiger partial charge on any atom is -0.494 e. The van der Waals surface area contributed by atoms with E-state index in [4.69, 9.17) is 9.84 Å². The first-order chi connectivity index (χ1) is 8.11. The summed E-state index contributed by atoms with van der Waals surface area (Å²) >= 11 is 0. The molecule has 88 valence electrons. The van der Waals surface area contributed by atoms with Crippen LogP contribution in [0.3, 0.4) is 0 Å². The van der Waals surface area contributed by atoms with Crippen molar-refractivity contribution in [2.24, 2.45) is 0 Å². The van der Waals surface area contributed by atoms with Crippen molar-refractivity contribution in [1.29, 1.82) is 0 Å². The molecule has 7 nitrogen and oxygen atoms in total. The molecule has 2 rings (SSSR count). The van der Waals surface area contributed by atoms with Gasteiger partial charge in [-0.25, -0.2) is 9.18 Å². The number of hydrogen-bond donors (Lipinski definition) is 1. The van der Waals surface area contributed by atoms with Crippen molar-refractivity contribution < 1.29 is 19.0 Å². The third kappa shape index (κ3) is 2.05. The van der Waals surface area contributed by atoms with Gasteiger partial charge in [-0.1, -0.05) is 0 Å². The molecule has 8 heteroatoms. The highest BCUT2D eigenvalue weighted by Gasteiger charge is 2.12. The van der Waals surface area contributed by atoms with E-state index in [-0.39, 0.29) is 11.4 Å². The van der Waals surface area contributed by atoms with Gasteiger partial charge in [-0.3, -0.25) is 0 Å². The number of benzene rings is 1. The first-order valence-electron chi connectivity index (χ1n) is 4.49. The number of carbonyl (C=O) groups is 1. The summed E-state index contributed by atoms with van der Waals surface area (Å²) < 4.78 is 18.1. The fraction of sp³-hybridized carbons (Fsp3) is 0.111. The number of tetrazole rings is 1. The summed E-state index contributed by atoms with van der Waals surface area (Å²) in [6.07, 6.45) is 0. The molecule has 0 radical (unpaired) electrons. The zero-order valence-corrected chi connectivity index (χ0v) is 8.66. The Bertz CT molecular complexity index is 569. The van der Waals surface area contributed by atoms with Gasteiger partial charge in [-0.2, -0.15) is 0 Å². The number of nitrogens with zero attached hydrogens (tertiary/aromatic N) is 4. The van der Waals surface area contributed by atoms with Gasteiger partial charge in [0.05, 0.1) is 12.8 Å². The average molecular weight is 238 g/mol. The van der Waals surface area contributed by atoms with Crippen LogP contribution in [-0.4, -0.2) is 38.4 Å².